The average Bonchev–Trinajstić information content (AvgIpc) is 3.11. The summed E-state index contributed by atoms with van der Waals surface area (Å²) in [6.07, 6.45) is 7.78. The van der Waals surface area contributed by atoms with E-state index in [1.54, 1.807) is 18.5 Å². The first-order chi connectivity index (χ1) is 12.4. The number of nitrogens with one attached hydrogen (secondary N) is 1. The van der Waals surface area contributed by atoms with Crippen LogP contribution in [0.5, 0.6) is 0 Å². The second-order valence-corrected chi connectivity index (χ2v) is 7.04. The minimum absolute atomic E-state index is 0.258. The maximum absolute atomic E-state index is 12.5. The number of carbonyl (C=O) groups excluding carboxylic acids is 2. The third kappa shape index (κ3) is 3.47. The molecule has 1 aliphatic carbocycles. The molecule has 138 valence electrons. The Morgan fingerprint density at radius 3 is 2.69 bits per heavy atom. The number of carbonyl (C=O) groups is 2. The highest BCUT2D eigenvalue weighted by molar-refractivity contribution is 5.94. The molecular weight excluding hydrogens is 332 g/mol. The standard InChI is InChI=1S/C19H24N4O3/c1-13(2)23-11-15(10-22-23)14-5-8-20-16(9-14)17(24)21-12-19(6-4-7-19)18(25)26-3/h5,8-11,13H,4,6-7,12H2,1-3H3,(H,21,24). The summed E-state index contributed by atoms with van der Waals surface area (Å²) in [5.41, 5.74) is 1.54. The number of hydrogen-bond acceptors (Lipinski definition) is 5. The van der Waals surface area contributed by atoms with Gasteiger partial charge >= 0.3 is 5.97 Å². The number of methoxy groups -OCH3 is 1. The largest absolute Gasteiger partial charge is 0.469 e. The number of esters is 1. The number of pyridine rings is 1. The first-order valence-corrected chi connectivity index (χ1v) is 8.82. The predicted molar refractivity (Wildman–Crippen MR) is 96.5 cm³/mol. The number of aromatic nitrogens is 3. The zero-order valence-corrected chi connectivity index (χ0v) is 15.4. The molecule has 0 bridgehead atoms. The van der Waals surface area contributed by atoms with E-state index in [1.807, 2.05) is 16.9 Å². The maximum Gasteiger partial charge on any atom is 0.313 e. The Kier molecular flexibility index (Phi) is 5.06. The monoisotopic (exact) mass is 356 g/mol. The Hall–Kier alpha value is -2.70. The van der Waals surface area contributed by atoms with E-state index in [9.17, 15) is 9.59 Å². The highest BCUT2D eigenvalue weighted by atomic mass is 16.5. The molecule has 3 rings (SSSR count). The Balaban J connectivity index is 1.71. The van der Waals surface area contributed by atoms with Crippen LogP contribution in [0, 0.1) is 5.41 Å². The molecule has 0 spiro atoms. The van der Waals surface area contributed by atoms with Crippen molar-refractivity contribution in [2.45, 2.75) is 39.2 Å². The molecule has 1 saturated carbocycles. The van der Waals surface area contributed by atoms with E-state index in [0.717, 1.165) is 30.4 Å². The van der Waals surface area contributed by atoms with Crippen molar-refractivity contribution in [2.24, 2.45) is 5.41 Å². The molecule has 2 heterocycles. The average molecular weight is 356 g/mol. The van der Waals surface area contributed by atoms with Crippen LogP contribution in [-0.4, -0.2) is 40.3 Å². The highest BCUT2D eigenvalue weighted by Crippen LogP contribution is 2.41. The van der Waals surface area contributed by atoms with Gasteiger partial charge in [0, 0.05) is 30.5 Å². The van der Waals surface area contributed by atoms with Gasteiger partial charge < -0.3 is 10.1 Å². The quantitative estimate of drug-likeness (QED) is 0.804. The van der Waals surface area contributed by atoms with Gasteiger partial charge in [-0.3, -0.25) is 19.3 Å². The van der Waals surface area contributed by atoms with E-state index in [2.05, 4.69) is 29.2 Å². The Morgan fingerprint density at radius 2 is 2.12 bits per heavy atom. The second kappa shape index (κ2) is 7.27. The molecular formula is C19H24N4O3. The van der Waals surface area contributed by atoms with Crippen molar-refractivity contribution in [3.63, 3.8) is 0 Å². The lowest BCUT2D eigenvalue weighted by molar-refractivity contribution is -0.157. The van der Waals surface area contributed by atoms with Crippen LogP contribution in [0.3, 0.4) is 0 Å². The van der Waals surface area contributed by atoms with E-state index >= 15 is 0 Å². The van der Waals surface area contributed by atoms with Crippen molar-refractivity contribution in [2.75, 3.05) is 13.7 Å². The molecule has 7 heteroatoms. The molecule has 2 aromatic rings. The molecule has 0 aromatic carbocycles. The Labute approximate surface area is 152 Å². The predicted octanol–water partition coefficient (Wildman–Crippen LogP) is 2.60. The number of amides is 1. The minimum atomic E-state index is -0.583. The van der Waals surface area contributed by atoms with Gasteiger partial charge in [0.05, 0.1) is 18.7 Å². The lowest BCUT2D eigenvalue weighted by Gasteiger charge is -2.38. The first-order valence-electron chi connectivity index (χ1n) is 8.82. The van der Waals surface area contributed by atoms with E-state index in [4.69, 9.17) is 4.74 Å². The van der Waals surface area contributed by atoms with Crippen molar-refractivity contribution in [3.05, 3.63) is 36.4 Å². The van der Waals surface area contributed by atoms with Gasteiger partial charge in [0.15, 0.2) is 0 Å². The summed E-state index contributed by atoms with van der Waals surface area (Å²) in [4.78, 5) is 28.6. The van der Waals surface area contributed by atoms with Crippen LogP contribution in [0.15, 0.2) is 30.7 Å². The van der Waals surface area contributed by atoms with E-state index < -0.39 is 5.41 Å². The van der Waals surface area contributed by atoms with Crippen LogP contribution in [0.2, 0.25) is 0 Å². The Bertz CT molecular complexity index is 809. The van der Waals surface area contributed by atoms with E-state index in [0.29, 0.717) is 5.69 Å². The van der Waals surface area contributed by atoms with Crippen molar-refractivity contribution < 1.29 is 14.3 Å². The molecule has 0 unspecified atom stereocenters. The second-order valence-electron chi connectivity index (χ2n) is 7.04. The number of rotatable bonds is 6. The molecule has 0 atom stereocenters. The van der Waals surface area contributed by atoms with Crippen molar-refractivity contribution in [3.8, 4) is 11.1 Å². The fourth-order valence-electron chi connectivity index (χ4n) is 3.12. The van der Waals surface area contributed by atoms with Crippen LogP contribution < -0.4 is 5.32 Å². The van der Waals surface area contributed by atoms with Gasteiger partial charge in [-0.05, 0) is 44.4 Å². The Morgan fingerprint density at radius 1 is 1.35 bits per heavy atom. The summed E-state index contributed by atoms with van der Waals surface area (Å²) in [5.74, 6) is -0.551. The summed E-state index contributed by atoms with van der Waals surface area (Å²) in [7, 11) is 1.38. The zero-order chi connectivity index (χ0) is 18.7. The molecule has 0 radical (unpaired) electrons. The molecule has 7 nitrogen and oxygen atoms in total. The molecule has 26 heavy (non-hydrogen) atoms. The summed E-state index contributed by atoms with van der Waals surface area (Å²) < 4.78 is 6.75. The molecule has 0 saturated heterocycles. The molecule has 1 fully saturated rings. The van der Waals surface area contributed by atoms with Gasteiger partial charge in [-0.2, -0.15) is 5.10 Å². The lowest BCUT2D eigenvalue weighted by atomic mass is 9.68. The summed E-state index contributed by atoms with van der Waals surface area (Å²) in [5, 5.41) is 7.16. The third-order valence-corrected chi connectivity index (χ3v) is 4.97. The number of hydrogen-bond donors (Lipinski definition) is 1. The highest BCUT2D eigenvalue weighted by Gasteiger charge is 2.45. The third-order valence-electron chi connectivity index (χ3n) is 4.97. The van der Waals surface area contributed by atoms with Gasteiger partial charge in [-0.25, -0.2) is 0 Å². The first kappa shape index (κ1) is 18.1. The topological polar surface area (TPSA) is 86.1 Å². The summed E-state index contributed by atoms with van der Waals surface area (Å²) in [6, 6.07) is 3.86. The number of nitrogens with zero attached hydrogens (tertiary/aromatic N) is 3. The number of ether oxygens (including phenoxy) is 1. The van der Waals surface area contributed by atoms with Crippen molar-refractivity contribution in [1.29, 1.82) is 0 Å². The van der Waals surface area contributed by atoms with Gasteiger partial charge in [0.2, 0.25) is 0 Å². The van der Waals surface area contributed by atoms with Crippen LogP contribution in [0.25, 0.3) is 11.1 Å². The molecule has 1 amide bonds. The SMILES string of the molecule is COC(=O)C1(CNC(=O)c2cc(-c3cnn(C(C)C)c3)ccn2)CCC1. The van der Waals surface area contributed by atoms with Crippen molar-refractivity contribution >= 4 is 11.9 Å². The fourth-order valence-corrected chi connectivity index (χ4v) is 3.12. The summed E-state index contributed by atoms with van der Waals surface area (Å²) in [6.45, 7) is 4.38. The van der Waals surface area contributed by atoms with Crippen LogP contribution >= 0.6 is 0 Å². The smallest absolute Gasteiger partial charge is 0.313 e. The normalized spacial score (nSPS) is 15.4. The molecule has 1 aliphatic rings. The van der Waals surface area contributed by atoms with Crippen LogP contribution in [0.4, 0.5) is 0 Å². The zero-order valence-electron chi connectivity index (χ0n) is 15.4. The van der Waals surface area contributed by atoms with E-state index in [1.165, 1.54) is 7.11 Å². The van der Waals surface area contributed by atoms with Gasteiger partial charge in [0.25, 0.3) is 5.91 Å². The minimum Gasteiger partial charge on any atom is -0.469 e. The maximum atomic E-state index is 12.5. The lowest BCUT2D eigenvalue weighted by Crippen LogP contribution is -2.48. The van der Waals surface area contributed by atoms with Crippen LogP contribution in [-0.2, 0) is 9.53 Å². The molecule has 1 N–H and O–H groups in total. The van der Waals surface area contributed by atoms with Crippen molar-refractivity contribution in [1.82, 2.24) is 20.1 Å². The van der Waals surface area contributed by atoms with Gasteiger partial charge in [-0.15, -0.1) is 0 Å². The van der Waals surface area contributed by atoms with Gasteiger partial charge in [-0.1, -0.05) is 6.42 Å². The molecule has 0 aliphatic heterocycles. The molecule has 2 aromatic heterocycles. The summed E-state index contributed by atoms with van der Waals surface area (Å²) >= 11 is 0. The fraction of sp³-hybridized carbons (Fsp3) is 0.474. The van der Waals surface area contributed by atoms with Gasteiger partial charge in [0.1, 0.15) is 5.69 Å². The van der Waals surface area contributed by atoms with E-state index in [-0.39, 0.29) is 24.5 Å². The van der Waals surface area contributed by atoms with Crippen LogP contribution in [0.1, 0.15) is 49.6 Å².